The molecule has 1 heterocycles. The minimum Gasteiger partial charge on any atom is -0.347 e. The molecule has 9 nitrogen and oxygen atoms in total. The number of rotatable bonds is 8. The number of benzene rings is 1. The summed E-state index contributed by atoms with van der Waals surface area (Å²) in [6.45, 7) is 4.19. The van der Waals surface area contributed by atoms with E-state index in [1.165, 1.54) is 16.8 Å². The molecule has 1 aromatic heterocycles. The Morgan fingerprint density at radius 3 is 2.52 bits per heavy atom. The van der Waals surface area contributed by atoms with Crippen molar-refractivity contribution in [2.45, 2.75) is 20.1 Å². The summed E-state index contributed by atoms with van der Waals surface area (Å²) in [7, 11) is 0. The second kappa shape index (κ2) is 7.56. The minimum absolute atomic E-state index is 0.00931. The molecule has 0 aliphatic heterocycles. The zero-order valence-corrected chi connectivity index (χ0v) is 12.7. The Labute approximate surface area is 132 Å². The summed E-state index contributed by atoms with van der Waals surface area (Å²) in [6, 6.07) is 6.03. The van der Waals surface area contributed by atoms with Gasteiger partial charge in [-0.2, -0.15) is 0 Å². The van der Waals surface area contributed by atoms with Gasteiger partial charge in [0.25, 0.3) is 5.69 Å². The van der Waals surface area contributed by atoms with E-state index in [4.69, 9.17) is 9.47 Å². The first-order valence-electron chi connectivity index (χ1n) is 7.01. The third-order valence-electron chi connectivity index (χ3n) is 3.01. The number of carbonyl (C=O) groups excluding carboxylic acids is 1. The van der Waals surface area contributed by atoms with E-state index in [1.54, 1.807) is 26.0 Å². The molecule has 122 valence electrons. The van der Waals surface area contributed by atoms with Crippen LogP contribution >= 0.6 is 0 Å². The van der Waals surface area contributed by atoms with Gasteiger partial charge in [-0.25, -0.2) is 4.68 Å². The van der Waals surface area contributed by atoms with Crippen LogP contribution in [0.2, 0.25) is 0 Å². The van der Waals surface area contributed by atoms with Crippen molar-refractivity contribution in [3.05, 3.63) is 45.8 Å². The van der Waals surface area contributed by atoms with Crippen LogP contribution in [-0.4, -0.2) is 39.4 Å². The van der Waals surface area contributed by atoms with Crippen molar-refractivity contribution >= 4 is 12.0 Å². The van der Waals surface area contributed by atoms with Crippen LogP contribution < -0.4 is 0 Å². The Hall–Kier alpha value is -2.65. The molecule has 0 bridgehead atoms. The normalized spacial score (nSPS) is 10.9. The zero-order chi connectivity index (χ0) is 16.8. The second-order valence-corrected chi connectivity index (χ2v) is 4.38. The van der Waals surface area contributed by atoms with Crippen molar-refractivity contribution in [2.75, 3.05) is 13.2 Å². The molecular formula is C14H16N4O5. The highest BCUT2D eigenvalue weighted by molar-refractivity contribution is 5.74. The van der Waals surface area contributed by atoms with Crippen LogP contribution in [-0.2, 0) is 9.47 Å². The van der Waals surface area contributed by atoms with E-state index >= 15 is 0 Å². The number of nitro groups is 1. The Kier molecular flexibility index (Phi) is 5.50. The molecule has 0 fully saturated rings. The van der Waals surface area contributed by atoms with Crippen molar-refractivity contribution in [1.82, 2.24) is 15.0 Å². The predicted molar refractivity (Wildman–Crippen MR) is 79.4 cm³/mol. The fourth-order valence-electron chi connectivity index (χ4n) is 2.09. The Morgan fingerprint density at radius 2 is 1.96 bits per heavy atom. The first-order valence-corrected chi connectivity index (χ1v) is 7.01. The van der Waals surface area contributed by atoms with Gasteiger partial charge in [0.2, 0.25) is 6.29 Å². The van der Waals surface area contributed by atoms with Crippen LogP contribution in [0.3, 0.4) is 0 Å². The molecule has 0 aliphatic carbocycles. The lowest BCUT2D eigenvalue weighted by molar-refractivity contribution is -0.384. The number of nitrogens with zero attached hydrogens (tertiary/aromatic N) is 4. The van der Waals surface area contributed by atoms with E-state index < -0.39 is 11.2 Å². The first kappa shape index (κ1) is 16.7. The molecule has 0 unspecified atom stereocenters. The monoisotopic (exact) mass is 320 g/mol. The summed E-state index contributed by atoms with van der Waals surface area (Å²) in [4.78, 5) is 21.9. The maximum atomic E-state index is 11.2. The van der Waals surface area contributed by atoms with Gasteiger partial charge in [-0.3, -0.25) is 14.9 Å². The van der Waals surface area contributed by atoms with Crippen molar-refractivity contribution in [1.29, 1.82) is 0 Å². The van der Waals surface area contributed by atoms with E-state index in [2.05, 4.69) is 10.3 Å². The molecular weight excluding hydrogens is 304 g/mol. The summed E-state index contributed by atoms with van der Waals surface area (Å²) in [5, 5.41) is 18.8. The lowest BCUT2D eigenvalue weighted by Crippen LogP contribution is -2.16. The van der Waals surface area contributed by atoms with Crippen LogP contribution in [0.5, 0.6) is 0 Å². The first-order chi connectivity index (χ1) is 11.1. The quantitative estimate of drug-likeness (QED) is 0.317. The van der Waals surface area contributed by atoms with Crippen molar-refractivity contribution < 1.29 is 19.2 Å². The van der Waals surface area contributed by atoms with E-state index in [9.17, 15) is 14.9 Å². The fraction of sp³-hybridized carbons (Fsp3) is 0.357. The summed E-state index contributed by atoms with van der Waals surface area (Å²) in [5.41, 5.74) is 0.244. The third kappa shape index (κ3) is 3.41. The molecule has 0 saturated heterocycles. The molecule has 0 spiro atoms. The summed E-state index contributed by atoms with van der Waals surface area (Å²) in [6.07, 6.45) is -0.390. The number of ether oxygens (including phenoxy) is 2. The molecule has 2 rings (SSSR count). The number of nitro benzene ring substituents is 1. The standard InChI is InChI=1S/C14H16N4O5/c1-3-22-14(23-4-2)13-10(9-19)15-16-17(13)11-7-5-6-8-12(11)18(20)21/h5-9,14H,3-4H2,1-2H3. The van der Waals surface area contributed by atoms with Gasteiger partial charge < -0.3 is 9.47 Å². The third-order valence-corrected chi connectivity index (χ3v) is 3.01. The van der Waals surface area contributed by atoms with Crippen LogP contribution in [0, 0.1) is 10.1 Å². The van der Waals surface area contributed by atoms with E-state index in [0.29, 0.717) is 19.5 Å². The molecule has 0 saturated carbocycles. The van der Waals surface area contributed by atoms with Gasteiger partial charge in [0.15, 0.2) is 12.0 Å². The van der Waals surface area contributed by atoms with Gasteiger partial charge in [0.1, 0.15) is 11.4 Å². The SMILES string of the molecule is CCOC(OCC)c1c(C=O)nnn1-c1ccccc1[N+](=O)[O-]. The number of aldehydes is 1. The molecule has 1 aromatic carbocycles. The number of carbonyl (C=O) groups is 1. The maximum Gasteiger partial charge on any atom is 0.294 e. The second-order valence-electron chi connectivity index (χ2n) is 4.38. The molecule has 0 radical (unpaired) electrons. The number of hydrogen-bond donors (Lipinski definition) is 0. The molecule has 23 heavy (non-hydrogen) atoms. The highest BCUT2D eigenvalue weighted by Crippen LogP contribution is 2.28. The van der Waals surface area contributed by atoms with Gasteiger partial charge in [-0.15, -0.1) is 5.10 Å². The highest BCUT2D eigenvalue weighted by Gasteiger charge is 2.27. The van der Waals surface area contributed by atoms with Crippen LogP contribution in [0.1, 0.15) is 36.3 Å². The van der Waals surface area contributed by atoms with Gasteiger partial charge in [-0.05, 0) is 19.9 Å². The van der Waals surface area contributed by atoms with E-state index in [0.717, 1.165) is 0 Å². The molecule has 9 heteroatoms. The van der Waals surface area contributed by atoms with Crippen molar-refractivity contribution in [3.8, 4) is 5.69 Å². The molecule has 0 aliphatic rings. The fourth-order valence-corrected chi connectivity index (χ4v) is 2.09. The number of hydrogen-bond acceptors (Lipinski definition) is 7. The lowest BCUT2D eigenvalue weighted by atomic mass is 10.2. The smallest absolute Gasteiger partial charge is 0.294 e. The topological polar surface area (TPSA) is 109 Å². The number of aromatic nitrogens is 3. The van der Waals surface area contributed by atoms with Gasteiger partial charge >= 0.3 is 0 Å². The van der Waals surface area contributed by atoms with Crippen LogP contribution in [0.25, 0.3) is 5.69 Å². The molecule has 2 aromatic rings. The molecule has 0 amide bonds. The highest BCUT2D eigenvalue weighted by atomic mass is 16.7. The largest absolute Gasteiger partial charge is 0.347 e. The molecule has 0 N–H and O–H groups in total. The van der Waals surface area contributed by atoms with Gasteiger partial charge in [-0.1, -0.05) is 17.3 Å². The predicted octanol–water partition coefficient (Wildman–Crippen LogP) is 2.06. The van der Waals surface area contributed by atoms with Crippen LogP contribution in [0.4, 0.5) is 5.69 Å². The zero-order valence-electron chi connectivity index (χ0n) is 12.7. The van der Waals surface area contributed by atoms with E-state index in [-0.39, 0.29) is 22.8 Å². The Morgan fingerprint density at radius 1 is 1.30 bits per heavy atom. The lowest BCUT2D eigenvalue weighted by Gasteiger charge is -2.18. The molecule has 0 atom stereocenters. The Balaban J connectivity index is 2.62. The Bertz CT molecular complexity index is 694. The van der Waals surface area contributed by atoms with Gasteiger partial charge in [0.05, 0.1) is 4.92 Å². The van der Waals surface area contributed by atoms with Crippen molar-refractivity contribution in [3.63, 3.8) is 0 Å². The minimum atomic E-state index is -0.903. The maximum absolute atomic E-state index is 11.2. The average Bonchev–Trinajstić information content (AvgIpc) is 2.98. The number of para-hydroxylation sites is 2. The van der Waals surface area contributed by atoms with E-state index in [1.807, 2.05) is 0 Å². The average molecular weight is 320 g/mol. The van der Waals surface area contributed by atoms with Crippen molar-refractivity contribution in [2.24, 2.45) is 0 Å². The van der Waals surface area contributed by atoms with Crippen LogP contribution in [0.15, 0.2) is 24.3 Å². The summed E-state index contributed by atoms with van der Waals surface area (Å²) >= 11 is 0. The van der Waals surface area contributed by atoms with Gasteiger partial charge in [0, 0.05) is 19.3 Å². The summed E-state index contributed by atoms with van der Waals surface area (Å²) in [5.74, 6) is 0. The summed E-state index contributed by atoms with van der Waals surface area (Å²) < 4.78 is 12.2.